The van der Waals surface area contributed by atoms with E-state index in [1.54, 1.807) is 30.5 Å². The Morgan fingerprint density at radius 1 is 1.19 bits per heavy atom. The van der Waals surface area contributed by atoms with Gasteiger partial charge in [0.1, 0.15) is 5.82 Å². The molecule has 0 unspecified atom stereocenters. The lowest BCUT2D eigenvalue weighted by Gasteiger charge is -2.12. The molecule has 3 rings (SSSR count). The van der Waals surface area contributed by atoms with Crippen LogP contribution in [0.2, 0.25) is 0 Å². The summed E-state index contributed by atoms with van der Waals surface area (Å²) in [6.45, 7) is 0.468. The highest BCUT2D eigenvalue weighted by atomic mass is 16.2. The molecule has 2 N–H and O–H groups in total. The van der Waals surface area contributed by atoms with Crippen molar-refractivity contribution in [3.8, 4) is 0 Å². The third kappa shape index (κ3) is 4.22. The molecule has 1 amide bonds. The van der Waals surface area contributed by atoms with Crippen molar-refractivity contribution in [3.63, 3.8) is 0 Å². The number of aromatic amines is 1. The van der Waals surface area contributed by atoms with Gasteiger partial charge >= 0.3 is 0 Å². The number of H-pyrrole nitrogens is 1. The van der Waals surface area contributed by atoms with Crippen LogP contribution in [0.4, 0.5) is 5.82 Å². The smallest absolute Gasteiger partial charge is 0.273 e. The fourth-order valence-corrected chi connectivity index (χ4v) is 2.72. The number of pyridine rings is 1. The predicted octanol–water partition coefficient (Wildman–Crippen LogP) is 0.857. The minimum atomic E-state index is -0.349. The number of nitrogens with one attached hydrogen (secondary N) is 2. The summed E-state index contributed by atoms with van der Waals surface area (Å²) in [6, 6.07) is 10.3. The zero-order valence-corrected chi connectivity index (χ0v) is 15.2. The molecule has 0 aliphatic heterocycles. The number of anilines is 1. The Bertz CT molecular complexity index is 1080. The van der Waals surface area contributed by atoms with Crippen molar-refractivity contribution in [2.45, 2.75) is 19.5 Å². The first-order chi connectivity index (χ1) is 13.0. The van der Waals surface area contributed by atoms with Gasteiger partial charge < -0.3 is 10.2 Å². The summed E-state index contributed by atoms with van der Waals surface area (Å²) in [5, 5.41) is 6.02. The maximum absolute atomic E-state index is 12.4. The van der Waals surface area contributed by atoms with E-state index in [4.69, 9.17) is 0 Å². The van der Waals surface area contributed by atoms with Crippen LogP contribution in [-0.4, -0.2) is 34.8 Å². The Labute approximate surface area is 155 Å². The molecule has 8 nitrogen and oxygen atoms in total. The predicted molar refractivity (Wildman–Crippen MR) is 104 cm³/mol. The van der Waals surface area contributed by atoms with Gasteiger partial charge in [-0.2, -0.15) is 0 Å². The van der Waals surface area contributed by atoms with E-state index in [0.29, 0.717) is 17.3 Å². The van der Waals surface area contributed by atoms with E-state index in [9.17, 15) is 14.4 Å². The largest absolute Gasteiger partial charge is 0.363 e. The second-order valence-corrected chi connectivity index (χ2v) is 6.39. The van der Waals surface area contributed by atoms with Crippen LogP contribution < -0.4 is 21.3 Å². The van der Waals surface area contributed by atoms with Crippen molar-refractivity contribution >= 4 is 22.5 Å². The van der Waals surface area contributed by atoms with Crippen LogP contribution in [-0.2, 0) is 17.9 Å². The molecule has 0 fully saturated rings. The molecule has 0 radical (unpaired) electrons. The van der Waals surface area contributed by atoms with E-state index in [-0.39, 0.29) is 30.0 Å². The fraction of sp³-hybridized carbons (Fsp3) is 0.263. The van der Waals surface area contributed by atoms with Gasteiger partial charge in [-0.1, -0.05) is 12.1 Å². The molecule has 8 heteroatoms. The quantitative estimate of drug-likeness (QED) is 0.673. The maximum Gasteiger partial charge on any atom is 0.273 e. The number of hydrogen-bond acceptors (Lipinski definition) is 5. The van der Waals surface area contributed by atoms with E-state index in [1.807, 2.05) is 31.1 Å². The van der Waals surface area contributed by atoms with Crippen LogP contribution >= 0.6 is 0 Å². The molecule has 0 saturated carbocycles. The Kier molecular flexibility index (Phi) is 5.35. The van der Waals surface area contributed by atoms with Crippen LogP contribution in [0.15, 0.2) is 52.2 Å². The summed E-state index contributed by atoms with van der Waals surface area (Å²) < 4.78 is 1.18. The molecule has 3 aromatic rings. The Balaban J connectivity index is 1.64. The molecular weight excluding hydrogens is 346 g/mol. The topological polar surface area (TPSA) is 100 Å². The molecule has 1 aromatic carbocycles. The number of nitrogens with zero attached hydrogens (tertiary/aromatic N) is 3. The average molecular weight is 367 g/mol. The summed E-state index contributed by atoms with van der Waals surface area (Å²) >= 11 is 0. The molecule has 140 valence electrons. The van der Waals surface area contributed by atoms with Gasteiger partial charge in [-0.05, 0) is 29.8 Å². The number of carbonyl (C=O) groups is 1. The molecule has 0 saturated heterocycles. The van der Waals surface area contributed by atoms with Crippen LogP contribution in [0.3, 0.4) is 0 Å². The van der Waals surface area contributed by atoms with Crippen LogP contribution in [0.1, 0.15) is 12.0 Å². The van der Waals surface area contributed by atoms with E-state index in [1.165, 1.54) is 4.68 Å². The average Bonchev–Trinajstić information content (AvgIpc) is 2.68. The van der Waals surface area contributed by atoms with Crippen molar-refractivity contribution in [2.75, 3.05) is 19.0 Å². The fourth-order valence-electron chi connectivity index (χ4n) is 2.72. The first-order valence-electron chi connectivity index (χ1n) is 8.56. The minimum Gasteiger partial charge on any atom is -0.363 e. The molecule has 0 aliphatic rings. The monoisotopic (exact) mass is 367 g/mol. The second kappa shape index (κ2) is 7.86. The van der Waals surface area contributed by atoms with Gasteiger partial charge in [-0.15, -0.1) is 0 Å². The minimum absolute atomic E-state index is 0.0831. The van der Waals surface area contributed by atoms with Gasteiger partial charge in [-0.25, -0.2) is 9.67 Å². The van der Waals surface area contributed by atoms with Gasteiger partial charge in [-0.3, -0.25) is 19.5 Å². The third-order valence-corrected chi connectivity index (χ3v) is 4.20. The van der Waals surface area contributed by atoms with Gasteiger partial charge in [0.15, 0.2) is 0 Å². The lowest BCUT2D eigenvalue weighted by Crippen LogP contribution is -2.32. The number of fused-ring (bicyclic) bond motifs is 1. The standard InChI is InChI=1S/C19H21N5O3/c1-23(2)16-11-13(7-9-20-16)12-21-17(25)8-10-24-19(27)15-6-4-3-5-14(15)18(26)22-24/h3-7,9,11H,8,10,12H2,1-2H3,(H,21,25)(H,22,26). The van der Waals surface area contributed by atoms with Crippen molar-refractivity contribution in [1.82, 2.24) is 20.1 Å². The number of aryl methyl sites for hydroxylation is 1. The van der Waals surface area contributed by atoms with Crippen LogP contribution in [0.5, 0.6) is 0 Å². The highest BCUT2D eigenvalue weighted by Gasteiger charge is 2.09. The third-order valence-electron chi connectivity index (χ3n) is 4.20. The van der Waals surface area contributed by atoms with Crippen molar-refractivity contribution in [3.05, 3.63) is 68.9 Å². The van der Waals surface area contributed by atoms with E-state index < -0.39 is 0 Å². The number of amides is 1. The van der Waals surface area contributed by atoms with Gasteiger partial charge in [0.05, 0.1) is 17.3 Å². The Morgan fingerprint density at radius 2 is 1.93 bits per heavy atom. The van der Waals surface area contributed by atoms with E-state index >= 15 is 0 Å². The molecule has 2 heterocycles. The van der Waals surface area contributed by atoms with Crippen LogP contribution in [0.25, 0.3) is 10.8 Å². The number of hydrogen-bond donors (Lipinski definition) is 2. The van der Waals surface area contributed by atoms with Crippen molar-refractivity contribution in [2.24, 2.45) is 0 Å². The number of rotatable bonds is 6. The first kappa shape index (κ1) is 18.4. The molecule has 0 aliphatic carbocycles. The molecule has 0 atom stereocenters. The summed E-state index contributed by atoms with van der Waals surface area (Å²) in [6.07, 6.45) is 1.77. The molecule has 2 aromatic heterocycles. The van der Waals surface area contributed by atoms with Gasteiger partial charge in [0.25, 0.3) is 11.1 Å². The lowest BCUT2D eigenvalue weighted by atomic mass is 10.2. The summed E-state index contributed by atoms with van der Waals surface area (Å²) in [4.78, 5) is 42.7. The highest BCUT2D eigenvalue weighted by molar-refractivity contribution is 5.80. The second-order valence-electron chi connectivity index (χ2n) is 6.39. The molecule has 27 heavy (non-hydrogen) atoms. The van der Waals surface area contributed by atoms with Crippen LogP contribution in [0, 0.1) is 0 Å². The molecule has 0 spiro atoms. The zero-order valence-electron chi connectivity index (χ0n) is 15.2. The SMILES string of the molecule is CN(C)c1cc(CNC(=O)CCn2[nH]c(=O)c3ccccc3c2=O)ccn1. The number of carbonyl (C=O) groups excluding carboxylic acids is 1. The Hall–Kier alpha value is -3.42. The normalized spacial score (nSPS) is 10.7. The summed E-state index contributed by atoms with van der Waals surface area (Å²) in [5.41, 5.74) is 0.264. The summed E-state index contributed by atoms with van der Waals surface area (Å²) in [5.74, 6) is 0.598. The summed E-state index contributed by atoms with van der Waals surface area (Å²) in [7, 11) is 3.79. The molecule has 0 bridgehead atoms. The van der Waals surface area contributed by atoms with E-state index in [2.05, 4.69) is 15.4 Å². The maximum atomic E-state index is 12.4. The number of benzene rings is 1. The lowest BCUT2D eigenvalue weighted by molar-refractivity contribution is -0.121. The highest BCUT2D eigenvalue weighted by Crippen LogP contribution is 2.09. The van der Waals surface area contributed by atoms with Crippen molar-refractivity contribution in [1.29, 1.82) is 0 Å². The van der Waals surface area contributed by atoms with Gasteiger partial charge in [0, 0.05) is 33.3 Å². The number of aromatic nitrogens is 3. The van der Waals surface area contributed by atoms with E-state index in [0.717, 1.165) is 11.4 Å². The Morgan fingerprint density at radius 3 is 2.67 bits per heavy atom. The zero-order chi connectivity index (χ0) is 19.4. The van der Waals surface area contributed by atoms with Crippen molar-refractivity contribution < 1.29 is 4.79 Å². The first-order valence-corrected chi connectivity index (χ1v) is 8.56. The molecular formula is C19H21N5O3. The van der Waals surface area contributed by atoms with Gasteiger partial charge in [0.2, 0.25) is 5.91 Å².